The average molecular weight is 335 g/mol. The lowest BCUT2D eigenvalue weighted by Crippen LogP contribution is -2.43. The molecular formula is C16H22FN5O2. The van der Waals surface area contributed by atoms with Gasteiger partial charge in [0.25, 0.3) is 0 Å². The second-order valence-corrected chi connectivity index (χ2v) is 6.07. The predicted molar refractivity (Wildman–Crippen MR) is 85.9 cm³/mol. The van der Waals surface area contributed by atoms with E-state index in [1.54, 1.807) is 24.8 Å². The molecule has 7 nitrogen and oxygen atoms in total. The Balaban J connectivity index is 1.47. The number of aryl methyl sites for hydroxylation is 1. The molecule has 3 heterocycles. The average Bonchev–Trinajstić information content (AvgIpc) is 3.27. The van der Waals surface area contributed by atoms with E-state index in [9.17, 15) is 9.18 Å². The summed E-state index contributed by atoms with van der Waals surface area (Å²) in [7, 11) is 1.92. The Hall–Kier alpha value is -2.35. The largest absolute Gasteiger partial charge is 0.472 e. The van der Waals surface area contributed by atoms with Crippen molar-refractivity contribution in [2.24, 2.45) is 7.05 Å². The lowest BCUT2D eigenvalue weighted by molar-refractivity contribution is 0.214. The minimum atomic E-state index is -0.869. The highest BCUT2D eigenvalue weighted by Gasteiger charge is 2.32. The van der Waals surface area contributed by atoms with Crippen LogP contribution >= 0.6 is 0 Å². The quantitative estimate of drug-likeness (QED) is 0.837. The number of hydrogen-bond acceptors (Lipinski definition) is 4. The summed E-state index contributed by atoms with van der Waals surface area (Å²) in [6, 6.07) is 1.49. The summed E-state index contributed by atoms with van der Waals surface area (Å²) in [5.41, 5.74) is 0.895. The molecule has 2 atom stereocenters. The van der Waals surface area contributed by atoms with Gasteiger partial charge >= 0.3 is 6.03 Å². The number of nitrogens with zero attached hydrogens (tertiary/aromatic N) is 3. The summed E-state index contributed by atoms with van der Waals surface area (Å²) in [5, 5.41) is 5.57. The number of imidazole rings is 1. The molecule has 1 aliphatic rings. The maximum absolute atomic E-state index is 13.8. The van der Waals surface area contributed by atoms with E-state index in [4.69, 9.17) is 4.42 Å². The van der Waals surface area contributed by atoms with Crippen LogP contribution in [0.1, 0.15) is 17.8 Å². The Bertz CT molecular complexity index is 657. The van der Waals surface area contributed by atoms with E-state index < -0.39 is 6.17 Å². The molecule has 130 valence electrons. The molecule has 2 aromatic heterocycles. The molecule has 0 spiro atoms. The van der Waals surface area contributed by atoms with Crippen molar-refractivity contribution in [3.8, 4) is 0 Å². The van der Waals surface area contributed by atoms with Crippen molar-refractivity contribution in [3.63, 3.8) is 0 Å². The van der Waals surface area contributed by atoms with Crippen LogP contribution in [0.5, 0.6) is 0 Å². The molecule has 0 aliphatic carbocycles. The fourth-order valence-corrected chi connectivity index (χ4v) is 2.91. The van der Waals surface area contributed by atoms with Crippen molar-refractivity contribution >= 4 is 6.03 Å². The topological polar surface area (TPSA) is 75.3 Å². The van der Waals surface area contributed by atoms with E-state index in [1.165, 1.54) is 0 Å². The molecule has 0 unspecified atom stereocenters. The van der Waals surface area contributed by atoms with Crippen molar-refractivity contribution in [3.05, 3.63) is 42.4 Å². The predicted octanol–water partition coefficient (Wildman–Crippen LogP) is 1.42. The summed E-state index contributed by atoms with van der Waals surface area (Å²) >= 11 is 0. The van der Waals surface area contributed by atoms with Crippen LogP contribution in [0.3, 0.4) is 0 Å². The molecular weight excluding hydrogens is 313 g/mol. The van der Waals surface area contributed by atoms with E-state index in [1.807, 2.05) is 22.7 Å². The van der Waals surface area contributed by atoms with Crippen LogP contribution in [0.15, 0.2) is 35.4 Å². The summed E-state index contributed by atoms with van der Waals surface area (Å²) in [4.78, 5) is 18.2. The first-order valence-corrected chi connectivity index (χ1v) is 7.99. The Morgan fingerprint density at radius 2 is 2.38 bits per heavy atom. The van der Waals surface area contributed by atoms with E-state index in [2.05, 4.69) is 15.6 Å². The zero-order chi connectivity index (χ0) is 16.9. The van der Waals surface area contributed by atoms with Gasteiger partial charge in [0.2, 0.25) is 0 Å². The highest BCUT2D eigenvalue weighted by Crippen LogP contribution is 2.21. The minimum absolute atomic E-state index is 0.0311. The molecule has 24 heavy (non-hydrogen) atoms. The molecule has 1 fully saturated rings. The number of aromatic nitrogens is 2. The number of hydrogen-bond donors (Lipinski definition) is 2. The number of amides is 2. The Morgan fingerprint density at radius 1 is 1.50 bits per heavy atom. The number of carbonyl (C=O) groups is 1. The molecule has 2 amide bonds. The number of alkyl halides is 1. The number of carbonyl (C=O) groups excluding carboxylic acids is 1. The van der Waals surface area contributed by atoms with E-state index in [-0.39, 0.29) is 12.1 Å². The zero-order valence-electron chi connectivity index (χ0n) is 13.6. The number of halogens is 1. The molecule has 0 saturated carbocycles. The van der Waals surface area contributed by atoms with Crippen LogP contribution in [-0.4, -0.2) is 45.8 Å². The number of furan rings is 1. The third-order valence-electron chi connectivity index (χ3n) is 4.27. The van der Waals surface area contributed by atoms with Gasteiger partial charge in [0.1, 0.15) is 12.0 Å². The summed E-state index contributed by atoms with van der Waals surface area (Å²) in [6.45, 7) is 1.75. The second-order valence-electron chi connectivity index (χ2n) is 6.07. The summed E-state index contributed by atoms with van der Waals surface area (Å²) in [5.74, 6) is 0.888. The van der Waals surface area contributed by atoms with Crippen LogP contribution < -0.4 is 10.6 Å². The summed E-state index contributed by atoms with van der Waals surface area (Å²) < 4.78 is 20.7. The number of nitrogens with one attached hydrogen (secondary N) is 2. The molecule has 0 aromatic carbocycles. The minimum Gasteiger partial charge on any atom is -0.472 e. The van der Waals surface area contributed by atoms with Gasteiger partial charge in [-0.3, -0.25) is 4.90 Å². The van der Waals surface area contributed by atoms with Gasteiger partial charge in [-0.25, -0.2) is 14.2 Å². The smallest absolute Gasteiger partial charge is 0.315 e. The molecule has 0 radical (unpaired) electrons. The van der Waals surface area contributed by atoms with Gasteiger partial charge in [0.15, 0.2) is 0 Å². The second kappa shape index (κ2) is 7.48. The van der Waals surface area contributed by atoms with Gasteiger partial charge in [-0.2, -0.15) is 0 Å². The van der Waals surface area contributed by atoms with Crippen molar-refractivity contribution in [2.75, 3.05) is 13.1 Å². The van der Waals surface area contributed by atoms with Gasteiger partial charge in [0.05, 0.1) is 19.1 Å². The number of rotatable bonds is 6. The van der Waals surface area contributed by atoms with Crippen molar-refractivity contribution in [1.82, 2.24) is 25.1 Å². The highest BCUT2D eigenvalue weighted by molar-refractivity contribution is 5.73. The zero-order valence-corrected chi connectivity index (χ0v) is 13.6. The first-order valence-electron chi connectivity index (χ1n) is 7.99. The fourth-order valence-electron chi connectivity index (χ4n) is 2.91. The molecule has 3 rings (SSSR count). The van der Waals surface area contributed by atoms with Crippen LogP contribution in [-0.2, 0) is 20.1 Å². The van der Waals surface area contributed by atoms with Crippen molar-refractivity contribution < 1.29 is 13.6 Å². The maximum Gasteiger partial charge on any atom is 0.315 e. The lowest BCUT2D eigenvalue weighted by atomic mass is 10.2. The number of likely N-dealkylation sites (tertiary alicyclic amines) is 1. The molecule has 2 aromatic rings. The van der Waals surface area contributed by atoms with E-state index >= 15 is 0 Å². The third-order valence-corrected chi connectivity index (χ3v) is 4.27. The van der Waals surface area contributed by atoms with Gasteiger partial charge < -0.3 is 19.6 Å². The van der Waals surface area contributed by atoms with Gasteiger partial charge in [-0.05, 0) is 12.5 Å². The van der Waals surface area contributed by atoms with Crippen molar-refractivity contribution in [1.29, 1.82) is 0 Å². The fraction of sp³-hybridized carbons (Fsp3) is 0.500. The standard InChI is InChI=1S/C16H22FN5O2/c1-21-4-3-18-15(21)10-22-9-13(17)6-14(22)8-20-16(23)19-7-12-2-5-24-11-12/h2-5,11,13-14H,6-10H2,1H3,(H2,19,20,23)/t13-,14-/m0/s1. The van der Waals surface area contributed by atoms with Gasteiger partial charge in [-0.15, -0.1) is 0 Å². The maximum atomic E-state index is 13.8. The molecule has 1 saturated heterocycles. The van der Waals surface area contributed by atoms with Crippen LogP contribution in [0.25, 0.3) is 0 Å². The van der Waals surface area contributed by atoms with E-state index in [0.29, 0.717) is 32.6 Å². The van der Waals surface area contributed by atoms with Gasteiger partial charge in [0, 0.05) is 50.7 Å². The first kappa shape index (κ1) is 16.5. The van der Waals surface area contributed by atoms with Crippen LogP contribution in [0.2, 0.25) is 0 Å². The Kier molecular flexibility index (Phi) is 5.14. The first-order chi connectivity index (χ1) is 11.6. The number of urea groups is 1. The molecule has 0 bridgehead atoms. The Labute approximate surface area is 139 Å². The van der Waals surface area contributed by atoms with E-state index in [0.717, 1.165) is 11.4 Å². The summed E-state index contributed by atoms with van der Waals surface area (Å²) in [6.07, 6.45) is 6.30. The highest BCUT2D eigenvalue weighted by atomic mass is 19.1. The van der Waals surface area contributed by atoms with Gasteiger partial charge in [-0.1, -0.05) is 0 Å². The normalized spacial score (nSPS) is 21.1. The third kappa shape index (κ3) is 4.14. The van der Waals surface area contributed by atoms with Crippen molar-refractivity contribution in [2.45, 2.75) is 31.7 Å². The molecule has 8 heteroatoms. The van der Waals surface area contributed by atoms with Crippen LogP contribution in [0.4, 0.5) is 9.18 Å². The monoisotopic (exact) mass is 335 g/mol. The molecule has 2 N–H and O–H groups in total. The van der Waals surface area contributed by atoms with Crippen LogP contribution in [0, 0.1) is 0 Å². The SMILES string of the molecule is Cn1ccnc1CN1C[C@@H](F)C[C@H]1CNC(=O)NCc1ccoc1. The Morgan fingerprint density at radius 3 is 3.08 bits per heavy atom. The molecule has 1 aliphatic heterocycles. The lowest BCUT2D eigenvalue weighted by Gasteiger charge is -2.24.